The second-order valence-corrected chi connectivity index (χ2v) is 6.52. The zero-order valence-corrected chi connectivity index (χ0v) is 14.6. The minimum Gasteiger partial charge on any atom is -0.337 e. The van der Waals surface area contributed by atoms with Gasteiger partial charge < -0.3 is 10.2 Å². The third kappa shape index (κ3) is 3.89. The van der Waals surface area contributed by atoms with E-state index in [1.54, 1.807) is 47.4 Å². The van der Waals surface area contributed by atoms with E-state index < -0.39 is 5.91 Å². The van der Waals surface area contributed by atoms with Crippen molar-refractivity contribution in [3.8, 4) is 6.07 Å². The molecule has 132 valence electrons. The Kier molecular flexibility index (Phi) is 5.28. The van der Waals surface area contributed by atoms with Crippen LogP contribution in [0, 0.1) is 17.2 Å². The highest BCUT2D eigenvalue weighted by atomic mass is 16.2. The van der Waals surface area contributed by atoms with Crippen molar-refractivity contribution in [3.63, 3.8) is 0 Å². The van der Waals surface area contributed by atoms with Crippen molar-refractivity contribution < 1.29 is 9.59 Å². The Labute approximate surface area is 152 Å². The molecule has 1 fully saturated rings. The van der Waals surface area contributed by atoms with Crippen LogP contribution in [0.2, 0.25) is 0 Å². The lowest BCUT2D eigenvalue weighted by molar-refractivity contribution is 0.0677. The molecule has 3 rings (SSSR count). The van der Waals surface area contributed by atoms with E-state index in [4.69, 9.17) is 5.26 Å². The third-order valence-corrected chi connectivity index (χ3v) is 4.44. The fraction of sp³-hybridized carbons (Fsp3) is 0.300. The molecule has 6 nitrogen and oxygen atoms in total. The van der Waals surface area contributed by atoms with Crippen molar-refractivity contribution in [1.82, 2.24) is 9.88 Å². The number of nitrogens with zero attached hydrogens (tertiary/aromatic N) is 3. The number of aromatic nitrogens is 1. The summed E-state index contributed by atoms with van der Waals surface area (Å²) in [6, 6.07) is 13.6. The topological polar surface area (TPSA) is 86.1 Å². The van der Waals surface area contributed by atoms with Gasteiger partial charge in [0.15, 0.2) is 0 Å². The minimum atomic E-state index is -0.450. The van der Waals surface area contributed by atoms with Gasteiger partial charge in [-0.15, -0.1) is 0 Å². The fourth-order valence-corrected chi connectivity index (χ4v) is 3.09. The van der Waals surface area contributed by atoms with Crippen LogP contribution >= 0.6 is 0 Å². The highest BCUT2D eigenvalue weighted by Gasteiger charge is 2.23. The normalized spacial score (nSPS) is 16.6. The fourth-order valence-electron chi connectivity index (χ4n) is 3.09. The molecule has 26 heavy (non-hydrogen) atoms. The Morgan fingerprint density at radius 3 is 2.73 bits per heavy atom. The van der Waals surface area contributed by atoms with Gasteiger partial charge in [0.25, 0.3) is 11.8 Å². The summed E-state index contributed by atoms with van der Waals surface area (Å²) in [4.78, 5) is 31.2. The summed E-state index contributed by atoms with van der Waals surface area (Å²) in [6.45, 7) is 3.56. The predicted molar refractivity (Wildman–Crippen MR) is 97.6 cm³/mol. The van der Waals surface area contributed by atoms with E-state index in [2.05, 4.69) is 17.2 Å². The highest BCUT2D eigenvalue weighted by Crippen LogP contribution is 2.18. The van der Waals surface area contributed by atoms with Gasteiger partial charge in [-0.25, -0.2) is 4.98 Å². The van der Waals surface area contributed by atoms with E-state index in [1.165, 1.54) is 0 Å². The minimum absolute atomic E-state index is 0.147. The molecule has 0 radical (unpaired) electrons. The Bertz CT molecular complexity index is 872. The zero-order valence-electron chi connectivity index (χ0n) is 14.6. The summed E-state index contributed by atoms with van der Waals surface area (Å²) < 4.78 is 0. The highest BCUT2D eigenvalue weighted by molar-refractivity contribution is 6.04. The molecule has 2 amide bonds. The van der Waals surface area contributed by atoms with Crippen molar-refractivity contribution in [2.45, 2.75) is 19.8 Å². The predicted octanol–water partition coefficient (Wildman–Crippen LogP) is 3.08. The Hall–Kier alpha value is -3.20. The van der Waals surface area contributed by atoms with Crippen LogP contribution in [0.1, 0.15) is 46.3 Å². The number of carbonyl (C=O) groups is 2. The number of anilines is 1. The lowest BCUT2D eigenvalue weighted by Crippen LogP contribution is -2.39. The van der Waals surface area contributed by atoms with E-state index in [0.717, 1.165) is 19.4 Å². The van der Waals surface area contributed by atoms with Crippen LogP contribution in [0.15, 0.2) is 42.5 Å². The van der Waals surface area contributed by atoms with Gasteiger partial charge in [-0.05, 0) is 43.0 Å². The third-order valence-electron chi connectivity index (χ3n) is 4.44. The van der Waals surface area contributed by atoms with E-state index in [0.29, 0.717) is 23.7 Å². The number of hydrogen-bond acceptors (Lipinski definition) is 4. The second-order valence-electron chi connectivity index (χ2n) is 6.52. The smallest absolute Gasteiger partial charge is 0.274 e. The van der Waals surface area contributed by atoms with Gasteiger partial charge in [0.2, 0.25) is 0 Å². The van der Waals surface area contributed by atoms with Crippen molar-refractivity contribution in [1.29, 1.82) is 5.26 Å². The number of pyridine rings is 1. The van der Waals surface area contributed by atoms with Gasteiger partial charge >= 0.3 is 0 Å². The molecule has 1 saturated heterocycles. The average Bonchev–Trinajstić information content (AvgIpc) is 2.68. The first-order valence-electron chi connectivity index (χ1n) is 8.65. The molecule has 6 heteroatoms. The van der Waals surface area contributed by atoms with Crippen molar-refractivity contribution in [2.75, 3.05) is 18.4 Å². The molecule has 2 aromatic rings. The largest absolute Gasteiger partial charge is 0.337 e. The summed E-state index contributed by atoms with van der Waals surface area (Å²) >= 11 is 0. The van der Waals surface area contributed by atoms with Crippen LogP contribution in [0.25, 0.3) is 0 Å². The van der Waals surface area contributed by atoms with E-state index in [1.807, 2.05) is 6.07 Å². The zero-order chi connectivity index (χ0) is 18.5. The number of nitriles is 1. The molecule has 1 atom stereocenters. The summed E-state index contributed by atoms with van der Waals surface area (Å²) in [7, 11) is 0. The van der Waals surface area contributed by atoms with Crippen LogP contribution in [0.3, 0.4) is 0 Å². The maximum absolute atomic E-state index is 12.7. The van der Waals surface area contributed by atoms with Crippen LogP contribution in [-0.4, -0.2) is 34.8 Å². The summed E-state index contributed by atoms with van der Waals surface area (Å²) in [5.41, 5.74) is 1.20. The van der Waals surface area contributed by atoms with Gasteiger partial charge in [-0.1, -0.05) is 25.1 Å². The number of nitrogens with one attached hydrogen (secondary N) is 1. The van der Waals surface area contributed by atoms with E-state index in [-0.39, 0.29) is 17.3 Å². The molecule has 0 aliphatic carbocycles. The number of benzene rings is 1. The quantitative estimate of drug-likeness (QED) is 0.923. The summed E-state index contributed by atoms with van der Waals surface area (Å²) in [5, 5.41) is 11.8. The SMILES string of the molecule is CC1CCCN(C(=O)c2cccc(C(=O)Nc3ccccc3C#N)n2)C1. The standard InChI is InChI=1S/C20H20N4O2/c1-14-6-5-11-24(13-14)20(26)18-10-4-9-17(22-18)19(25)23-16-8-3-2-7-15(16)12-21/h2-4,7-10,14H,5-6,11,13H2,1H3,(H,23,25). The Morgan fingerprint density at radius 2 is 1.96 bits per heavy atom. The maximum Gasteiger partial charge on any atom is 0.274 e. The monoisotopic (exact) mass is 348 g/mol. The molecular formula is C20H20N4O2. The van der Waals surface area contributed by atoms with Crippen LogP contribution in [-0.2, 0) is 0 Å². The number of carbonyl (C=O) groups excluding carboxylic acids is 2. The first-order chi connectivity index (χ1) is 12.6. The molecule has 1 aromatic heterocycles. The molecule has 1 aromatic carbocycles. The number of amides is 2. The van der Waals surface area contributed by atoms with Gasteiger partial charge in [0, 0.05) is 13.1 Å². The number of piperidine rings is 1. The first-order valence-corrected chi connectivity index (χ1v) is 8.65. The van der Waals surface area contributed by atoms with Crippen LogP contribution in [0.4, 0.5) is 5.69 Å². The van der Waals surface area contributed by atoms with Crippen LogP contribution < -0.4 is 5.32 Å². The average molecular weight is 348 g/mol. The molecule has 1 unspecified atom stereocenters. The maximum atomic E-state index is 12.7. The lowest BCUT2D eigenvalue weighted by atomic mass is 10.00. The molecule has 0 spiro atoms. The van der Waals surface area contributed by atoms with Gasteiger partial charge in [-0.3, -0.25) is 9.59 Å². The summed E-state index contributed by atoms with van der Waals surface area (Å²) in [5.74, 6) is -0.125. The molecule has 1 aliphatic heterocycles. The molecule has 0 saturated carbocycles. The lowest BCUT2D eigenvalue weighted by Gasteiger charge is -2.30. The number of rotatable bonds is 3. The summed E-state index contributed by atoms with van der Waals surface area (Å²) in [6.07, 6.45) is 2.11. The number of para-hydroxylation sites is 1. The van der Waals surface area contributed by atoms with Gasteiger partial charge in [0.05, 0.1) is 11.3 Å². The van der Waals surface area contributed by atoms with Crippen molar-refractivity contribution in [2.24, 2.45) is 5.92 Å². The van der Waals surface area contributed by atoms with Crippen molar-refractivity contribution >= 4 is 17.5 Å². The van der Waals surface area contributed by atoms with Crippen LogP contribution in [0.5, 0.6) is 0 Å². The van der Waals surface area contributed by atoms with E-state index in [9.17, 15) is 9.59 Å². The molecular weight excluding hydrogens is 328 g/mol. The first kappa shape index (κ1) is 17.6. The van der Waals surface area contributed by atoms with E-state index >= 15 is 0 Å². The Morgan fingerprint density at radius 1 is 1.19 bits per heavy atom. The molecule has 1 N–H and O–H groups in total. The number of likely N-dealkylation sites (tertiary alicyclic amines) is 1. The molecule has 1 aliphatic rings. The molecule has 0 bridgehead atoms. The van der Waals surface area contributed by atoms with Gasteiger partial charge in [0.1, 0.15) is 17.5 Å². The second kappa shape index (κ2) is 7.79. The van der Waals surface area contributed by atoms with Crippen molar-refractivity contribution in [3.05, 3.63) is 59.4 Å². The Balaban J connectivity index is 1.77. The van der Waals surface area contributed by atoms with Gasteiger partial charge in [-0.2, -0.15) is 5.26 Å². The number of hydrogen-bond donors (Lipinski definition) is 1. The molecule has 2 heterocycles.